The Morgan fingerprint density at radius 3 is 2.93 bits per heavy atom. The van der Waals surface area contributed by atoms with Crippen LogP contribution in [0.1, 0.15) is 41.9 Å². The Kier molecular flexibility index (Phi) is 4.56. The van der Waals surface area contributed by atoms with Gasteiger partial charge in [-0.1, -0.05) is 19.1 Å². The van der Waals surface area contributed by atoms with Crippen LogP contribution in [0.15, 0.2) is 12.3 Å². The maximum atomic E-state index is 12.9. The molecule has 0 aromatic carbocycles. The molecule has 1 amide bonds. The van der Waals surface area contributed by atoms with Crippen molar-refractivity contribution < 1.29 is 4.79 Å². The maximum absolute atomic E-state index is 12.9. The zero-order chi connectivity index (χ0) is 19.0. The van der Waals surface area contributed by atoms with Crippen molar-refractivity contribution in [3.63, 3.8) is 0 Å². The molecule has 4 heterocycles. The molecule has 4 rings (SSSR count). The molecule has 0 saturated heterocycles. The second kappa shape index (κ2) is 7.03. The van der Waals surface area contributed by atoms with Crippen molar-refractivity contribution in [2.45, 2.75) is 32.9 Å². The second-order valence-electron chi connectivity index (χ2n) is 7.10. The highest BCUT2D eigenvalue weighted by molar-refractivity contribution is 5.96. The molecule has 1 aliphatic rings. The molecular formula is C17H23N9O. The minimum atomic E-state index is -0.241. The van der Waals surface area contributed by atoms with Crippen molar-refractivity contribution in [2.75, 3.05) is 13.1 Å². The summed E-state index contributed by atoms with van der Waals surface area (Å²) in [4.78, 5) is 17.2. The van der Waals surface area contributed by atoms with E-state index in [1.807, 2.05) is 0 Å². The van der Waals surface area contributed by atoms with Crippen LogP contribution < -0.4 is 10.6 Å². The van der Waals surface area contributed by atoms with E-state index in [1.54, 1.807) is 24.0 Å². The zero-order valence-electron chi connectivity index (χ0n) is 15.7. The molecule has 0 spiro atoms. The molecule has 0 radical (unpaired) electrons. The molecule has 27 heavy (non-hydrogen) atoms. The maximum Gasteiger partial charge on any atom is 0.253 e. The molecule has 1 aliphatic heterocycles. The van der Waals surface area contributed by atoms with Crippen molar-refractivity contribution >= 4 is 17.1 Å². The Balaban J connectivity index is 1.61. The topological polar surface area (TPSA) is 115 Å². The van der Waals surface area contributed by atoms with E-state index in [-0.39, 0.29) is 17.9 Å². The molecule has 0 unspecified atom stereocenters. The number of aromatic nitrogens is 7. The molecule has 0 aliphatic carbocycles. The third-order valence-electron chi connectivity index (χ3n) is 4.83. The fraction of sp³-hybridized carbons (Fsp3) is 0.529. The minimum Gasteiger partial charge on any atom is -0.342 e. The highest BCUT2D eigenvalue weighted by Crippen LogP contribution is 2.22. The van der Waals surface area contributed by atoms with Crippen LogP contribution in [0.5, 0.6) is 0 Å². The predicted octanol–water partition coefficient (Wildman–Crippen LogP) is 0.228. The van der Waals surface area contributed by atoms with Crippen LogP contribution >= 0.6 is 0 Å². The lowest BCUT2D eigenvalue weighted by atomic mass is 10.0. The first kappa shape index (κ1) is 17.5. The number of nitrogens with zero attached hydrogens (tertiary/aromatic N) is 7. The van der Waals surface area contributed by atoms with Crippen molar-refractivity contribution in [3.05, 3.63) is 29.5 Å². The van der Waals surface area contributed by atoms with E-state index in [0.717, 1.165) is 37.7 Å². The average Bonchev–Trinajstić information content (AvgIpc) is 3.14. The molecule has 3 aromatic rings. The first-order valence-electron chi connectivity index (χ1n) is 9.13. The number of fused-ring (bicyclic) bond motifs is 2. The number of hydrogen-bond acceptors (Lipinski definition) is 7. The monoisotopic (exact) mass is 369 g/mol. The van der Waals surface area contributed by atoms with E-state index in [2.05, 4.69) is 54.5 Å². The summed E-state index contributed by atoms with van der Waals surface area (Å²) in [6.07, 6.45) is 2.38. The summed E-state index contributed by atoms with van der Waals surface area (Å²) in [7, 11) is 1.77. The third-order valence-corrected chi connectivity index (χ3v) is 4.83. The van der Waals surface area contributed by atoms with E-state index in [9.17, 15) is 4.79 Å². The van der Waals surface area contributed by atoms with Gasteiger partial charge in [-0.15, -0.1) is 15.3 Å². The van der Waals surface area contributed by atoms with Crippen LogP contribution in [-0.2, 0) is 20.0 Å². The van der Waals surface area contributed by atoms with Crippen molar-refractivity contribution in [3.8, 4) is 0 Å². The summed E-state index contributed by atoms with van der Waals surface area (Å²) in [6.45, 7) is 6.67. The van der Waals surface area contributed by atoms with Crippen LogP contribution in [-0.4, -0.2) is 53.7 Å². The summed E-state index contributed by atoms with van der Waals surface area (Å²) in [5.74, 6) is 1.70. The SMILES string of the molecule is CC(C)[C@H](NC(=O)c1cnc2c(c1)nnn2C)c1nnc2n1CCNCC2. The molecule has 0 bridgehead atoms. The number of aryl methyl sites for hydroxylation is 1. The summed E-state index contributed by atoms with van der Waals surface area (Å²) >= 11 is 0. The van der Waals surface area contributed by atoms with Gasteiger partial charge in [0.1, 0.15) is 11.3 Å². The first-order valence-corrected chi connectivity index (χ1v) is 9.13. The normalized spacial score (nSPS) is 15.6. The number of hydrogen-bond donors (Lipinski definition) is 2. The number of nitrogens with one attached hydrogen (secondary N) is 2. The van der Waals surface area contributed by atoms with Gasteiger partial charge < -0.3 is 15.2 Å². The zero-order valence-corrected chi connectivity index (χ0v) is 15.7. The molecule has 1 atom stereocenters. The molecule has 142 valence electrons. The Morgan fingerprint density at radius 2 is 2.11 bits per heavy atom. The molecule has 0 saturated carbocycles. The Hall–Kier alpha value is -2.88. The van der Waals surface area contributed by atoms with Crippen LogP contribution in [0, 0.1) is 5.92 Å². The fourth-order valence-corrected chi connectivity index (χ4v) is 3.33. The van der Waals surface area contributed by atoms with E-state index >= 15 is 0 Å². The Bertz CT molecular complexity index is 974. The van der Waals surface area contributed by atoms with Crippen molar-refractivity contribution in [2.24, 2.45) is 13.0 Å². The Morgan fingerprint density at radius 1 is 1.26 bits per heavy atom. The van der Waals surface area contributed by atoms with Gasteiger partial charge >= 0.3 is 0 Å². The average molecular weight is 369 g/mol. The first-order chi connectivity index (χ1) is 13.0. The number of rotatable bonds is 4. The highest BCUT2D eigenvalue weighted by Gasteiger charge is 2.27. The molecular weight excluding hydrogens is 346 g/mol. The second-order valence-corrected chi connectivity index (χ2v) is 7.10. The van der Waals surface area contributed by atoms with E-state index in [0.29, 0.717) is 16.7 Å². The number of carbonyl (C=O) groups is 1. The molecule has 3 aromatic heterocycles. The highest BCUT2D eigenvalue weighted by atomic mass is 16.1. The molecule has 10 nitrogen and oxygen atoms in total. The summed E-state index contributed by atoms with van der Waals surface area (Å²) in [6, 6.07) is 1.46. The summed E-state index contributed by atoms with van der Waals surface area (Å²) in [5.41, 5.74) is 1.68. The smallest absolute Gasteiger partial charge is 0.253 e. The van der Waals surface area contributed by atoms with E-state index < -0.39 is 0 Å². The molecule has 0 fully saturated rings. The number of amides is 1. The lowest BCUT2D eigenvalue weighted by Crippen LogP contribution is -2.34. The van der Waals surface area contributed by atoms with Gasteiger partial charge in [0.05, 0.1) is 11.6 Å². The van der Waals surface area contributed by atoms with Gasteiger partial charge in [-0.25, -0.2) is 9.67 Å². The Labute approximate surface area is 156 Å². The van der Waals surface area contributed by atoms with Crippen LogP contribution in [0.2, 0.25) is 0 Å². The van der Waals surface area contributed by atoms with E-state index in [4.69, 9.17) is 0 Å². The summed E-state index contributed by atoms with van der Waals surface area (Å²) < 4.78 is 3.70. The van der Waals surface area contributed by atoms with Gasteiger partial charge in [-0.2, -0.15) is 0 Å². The van der Waals surface area contributed by atoms with Crippen LogP contribution in [0.4, 0.5) is 0 Å². The predicted molar refractivity (Wildman–Crippen MR) is 97.9 cm³/mol. The lowest BCUT2D eigenvalue weighted by Gasteiger charge is -2.22. The van der Waals surface area contributed by atoms with Gasteiger partial charge in [0, 0.05) is 39.3 Å². The molecule has 10 heteroatoms. The third kappa shape index (κ3) is 3.27. The standard InChI is InChI=1S/C17H23N9O/c1-10(2)14(16-23-22-13-4-5-18-6-7-26(13)16)20-17(27)11-8-12-15(19-9-11)25(3)24-21-12/h8-10,14,18H,4-7H2,1-3H3,(H,20,27)/t14-/m0/s1. The summed E-state index contributed by atoms with van der Waals surface area (Å²) in [5, 5.41) is 23.1. The van der Waals surface area contributed by atoms with Crippen LogP contribution in [0.25, 0.3) is 11.2 Å². The van der Waals surface area contributed by atoms with Crippen LogP contribution in [0.3, 0.4) is 0 Å². The minimum absolute atomic E-state index is 0.159. The van der Waals surface area contributed by atoms with Gasteiger partial charge in [-0.05, 0) is 12.0 Å². The van der Waals surface area contributed by atoms with Gasteiger partial charge in [0.25, 0.3) is 5.91 Å². The largest absolute Gasteiger partial charge is 0.342 e. The molecule has 2 N–H and O–H groups in total. The number of carbonyl (C=O) groups excluding carboxylic acids is 1. The quantitative estimate of drug-likeness (QED) is 0.676. The van der Waals surface area contributed by atoms with Crippen molar-refractivity contribution in [1.82, 2.24) is 45.4 Å². The van der Waals surface area contributed by atoms with Gasteiger partial charge in [-0.3, -0.25) is 4.79 Å². The van der Waals surface area contributed by atoms with Crippen molar-refractivity contribution in [1.29, 1.82) is 0 Å². The lowest BCUT2D eigenvalue weighted by molar-refractivity contribution is 0.0921. The van der Waals surface area contributed by atoms with Gasteiger partial charge in [0.15, 0.2) is 11.5 Å². The van der Waals surface area contributed by atoms with Gasteiger partial charge in [0.2, 0.25) is 0 Å². The van der Waals surface area contributed by atoms with E-state index in [1.165, 1.54) is 0 Å². The number of pyridine rings is 1. The fourth-order valence-electron chi connectivity index (χ4n) is 3.33.